The van der Waals surface area contributed by atoms with Gasteiger partial charge in [0.1, 0.15) is 5.75 Å². The Bertz CT molecular complexity index is 479. The molecule has 1 heteroatoms. The fourth-order valence-electron chi connectivity index (χ4n) is 3.97. The summed E-state index contributed by atoms with van der Waals surface area (Å²) in [7, 11) is 0. The molecule has 1 rings (SSSR count). The molecule has 0 heterocycles. The van der Waals surface area contributed by atoms with Crippen molar-refractivity contribution in [2.24, 2.45) is 0 Å². The predicted molar refractivity (Wildman–Crippen MR) is 131 cm³/mol. The van der Waals surface area contributed by atoms with Crippen LogP contribution in [-0.4, -0.2) is 6.61 Å². The van der Waals surface area contributed by atoms with E-state index in [0.29, 0.717) is 0 Å². The molecule has 0 aliphatic carbocycles. The van der Waals surface area contributed by atoms with E-state index in [1.54, 1.807) is 0 Å². The Labute approximate surface area is 182 Å². The lowest BCUT2D eigenvalue weighted by molar-refractivity contribution is 0.303. The Kier molecular flexibility index (Phi) is 17.8. The van der Waals surface area contributed by atoms with Gasteiger partial charge in [0.15, 0.2) is 0 Å². The van der Waals surface area contributed by atoms with E-state index in [-0.39, 0.29) is 0 Å². The van der Waals surface area contributed by atoms with E-state index < -0.39 is 0 Å². The highest BCUT2D eigenvalue weighted by molar-refractivity contribution is 5.55. The van der Waals surface area contributed by atoms with Crippen LogP contribution >= 0.6 is 0 Å². The third-order valence-electron chi connectivity index (χ3n) is 5.89. The largest absolute Gasteiger partial charge is 0.493 e. The summed E-state index contributed by atoms with van der Waals surface area (Å²) in [4.78, 5) is 0. The summed E-state index contributed by atoms with van der Waals surface area (Å²) >= 11 is 0. The molecule has 0 N–H and O–H groups in total. The topological polar surface area (TPSA) is 9.23 Å². The summed E-state index contributed by atoms with van der Waals surface area (Å²) in [5.74, 6) is 0.967. The fraction of sp³-hybridized carbons (Fsp3) is 0.714. The number of benzene rings is 1. The molecule has 1 aromatic rings. The van der Waals surface area contributed by atoms with E-state index in [9.17, 15) is 0 Å². The molecule has 0 atom stereocenters. The molecule has 0 radical (unpaired) electrons. The quantitative estimate of drug-likeness (QED) is 0.187. The Morgan fingerprint density at radius 3 is 1.48 bits per heavy atom. The highest BCUT2D eigenvalue weighted by Crippen LogP contribution is 2.19. The zero-order valence-electron chi connectivity index (χ0n) is 19.4. The summed E-state index contributed by atoms with van der Waals surface area (Å²) in [6.45, 7) is 6.96. The molecule has 0 bridgehead atoms. The molecule has 0 spiro atoms. The van der Waals surface area contributed by atoms with Gasteiger partial charge in [-0.1, -0.05) is 147 Å². The van der Waals surface area contributed by atoms with Gasteiger partial charge in [0.25, 0.3) is 0 Å². The van der Waals surface area contributed by atoms with Crippen LogP contribution in [0.3, 0.4) is 0 Å². The van der Waals surface area contributed by atoms with Gasteiger partial charge in [-0.25, -0.2) is 0 Å². The van der Waals surface area contributed by atoms with Gasteiger partial charge in [-0.2, -0.15) is 0 Å². The molecule has 1 aromatic carbocycles. The van der Waals surface area contributed by atoms with E-state index in [4.69, 9.17) is 4.74 Å². The number of hydrogen-bond acceptors (Lipinski definition) is 1. The zero-order chi connectivity index (χ0) is 20.8. The molecule has 0 aromatic heterocycles. The molecular formula is C28H48O. The van der Waals surface area contributed by atoms with Crippen LogP contribution in [0.25, 0.3) is 6.08 Å². The second kappa shape index (κ2) is 20.0. The van der Waals surface area contributed by atoms with Crippen LogP contribution in [0.1, 0.15) is 128 Å². The number of rotatable bonds is 21. The Morgan fingerprint density at radius 2 is 1.03 bits per heavy atom. The first-order chi connectivity index (χ1) is 14.4. The lowest BCUT2D eigenvalue weighted by atomic mass is 10.0. The van der Waals surface area contributed by atoms with Crippen molar-refractivity contribution in [2.75, 3.05) is 6.61 Å². The zero-order valence-corrected chi connectivity index (χ0v) is 19.4. The van der Waals surface area contributed by atoms with Crippen molar-refractivity contribution in [3.8, 4) is 5.75 Å². The van der Waals surface area contributed by atoms with E-state index >= 15 is 0 Å². The molecule has 0 saturated carbocycles. The highest BCUT2D eigenvalue weighted by Gasteiger charge is 1.99. The number of para-hydroxylation sites is 1. The van der Waals surface area contributed by atoms with Gasteiger partial charge in [0, 0.05) is 5.56 Å². The van der Waals surface area contributed by atoms with Crippen molar-refractivity contribution < 1.29 is 4.74 Å². The second-order valence-electron chi connectivity index (χ2n) is 8.60. The average Bonchev–Trinajstić information content (AvgIpc) is 2.75. The number of unbranched alkanes of at least 4 members (excludes halogenated alkanes) is 17. The molecule has 29 heavy (non-hydrogen) atoms. The van der Waals surface area contributed by atoms with Crippen LogP contribution < -0.4 is 4.74 Å². The summed E-state index contributed by atoms with van der Waals surface area (Å²) in [5.41, 5.74) is 1.09. The van der Waals surface area contributed by atoms with E-state index in [1.807, 2.05) is 24.3 Å². The van der Waals surface area contributed by atoms with E-state index in [2.05, 4.69) is 19.6 Å². The maximum Gasteiger partial charge on any atom is 0.126 e. The van der Waals surface area contributed by atoms with Gasteiger partial charge < -0.3 is 4.74 Å². The number of ether oxygens (including phenoxy) is 1. The minimum Gasteiger partial charge on any atom is -0.493 e. The third-order valence-corrected chi connectivity index (χ3v) is 5.89. The van der Waals surface area contributed by atoms with Crippen molar-refractivity contribution in [3.63, 3.8) is 0 Å². The summed E-state index contributed by atoms with van der Waals surface area (Å²) in [5, 5.41) is 0. The lowest BCUT2D eigenvalue weighted by Crippen LogP contribution is -1.98. The van der Waals surface area contributed by atoms with Gasteiger partial charge in [0.2, 0.25) is 0 Å². The van der Waals surface area contributed by atoms with Crippen molar-refractivity contribution in [2.45, 2.75) is 122 Å². The molecule has 0 aliphatic heterocycles. The van der Waals surface area contributed by atoms with Crippen LogP contribution in [0.15, 0.2) is 30.8 Å². The Morgan fingerprint density at radius 1 is 0.621 bits per heavy atom. The number of hydrogen-bond donors (Lipinski definition) is 0. The minimum absolute atomic E-state index is 0.823. The van der Waals surface area contributed by atoms with Crippen molar-refractivity contribution in [1.29, 1.82) is 0 Å². The lowest BCUT2D eigenvalue weighted by Gasteiger charge is -2.08. The standard InChI is InChI=1S/C28H48O/c1-3-5-6-7-8-9-10-11-12-13-14-15-16-17-18-19-20-23-26-29-28-25-22-21-24-27(28)4-2/h4,21-22,24-25H,2-3,5-20,23,26H2,1H3. The molecule has 0 amide bonds. The Hall–Kier alpha value is -1.24. The molecule has 166 valence electrons. The maximum absolute atomic E-state index is 5.89. The summed E-state index contributed by atoms with van der Waals surface area (Å²) in [6.07, 6.45) is 27.3. The maximum atomic E-state index is 5.89. The van der Waals surface area contributed by atoms with Gasteiger partial charge in [-0.15, -0.1) is 0 Å². The van der Waals surface area contributed by atoms with E-state index in [0.717, 1.165) is 24.3 Å². The molecular weight excluding hydrogens is 352 g/mol. The minimum atomic E-state index is 0.823. The summed E-state index contributed by atoms with van der Waals surface area (Å²) < 4.78 is 5.89. The van der Waals surface area contributed by atoms with Crippen LogP contribution in [0.5, 0.6) is 5.75 Å². The van der Waals surface area contributed by atoms with Gasteiger partial charge >= 0.3 is 0 Å². The molecule has 0 unspecified atom stereocenters. The first kappa shape index (κ1) is 25.8. The van der Waals surface area contributed by atoms with E-state index in [1.165, 1.54) is 109 Å². The van der Waals surface area contributed by atoms with Crippen LogP contribution in [0.2, 0.25) is 0 Å². The highest BCUT2D eigenvalue weighted by atomic mass is 16.5. The van der Waals surface area contributed by atoms with Crippen molar-refractivity contribution >= 4 is 6.08 Å². The smallest absolute Gasteiger partial charge is 0.126 e. The SMILES string of the molecule is C=Cc1ccccc1OCCCCCCCCCCCCCCCCCCCC. The molecule has 0 aliphatic rings. The van der Waals surface area contributed by atoms with Gasteiger partial charge in [-0.3, -0.25) is 0 Å². The monoisotopic (exact) mass is 400 g/mol. The third kappa shape index (κ3) is 15.3. The molecule has 0 fully saturated rings. The predicted octanol–water partition coefficient (Wildman–Crippen LogP) is 9.75. The first-order valence-corrected chi connectivity index (χ1v) is 12.7. The average molecular weight is 401 g/mol. The van der Waals surface area contributed by atoms with Gasteiger partial charge in [0.05, 0.1) is 6.61 Å². The van der Waals surface area contributed by atoms with Crippen LogP contribution in [-0.2, 0) is 0 Å². The first-order valence-electron chi connectivity index (χ1n) is 12.7. The van der Waals surface area contributed by atoms with Crippen LogP contribution in [0, 0.1) is 0 Å². The van der Waals surface area contributed by atoms with Crippen molar-refractivity contribution in [3.05, 3.63) is 36.4 Å². The second-order valence-corrected chi connectivity index (χ2v) is 8.60. The summed E-state index contributed by atoms with van der Waals surface area (Å²) in [6, 6.07) is 8.14. The normalized spacial score (nSPS) is 10.9. The van der Waals surface area contributed by atoms with Crippen molar-refractivity contribution in [1.82, 2.24) is 0 Å². The van der Waals surface area contributed by atoms with Gasteiger partial charge in [-0.05, 0) is 12.5 Å². The molecule has 0 saturated heterocycles. The Balaban J connectivity index is 1.75. The molecule has 1 nitrogen and oxygen atoms in total. The van der Waals surface area contributed by atoms with Crippen LogP contribution in [0.4, 0.5) is 0 Å². The fourth-order valence-corrected chi connectivity index (χ4v) is 3.97.